The van der Waals surface area contributed by atoms with E-state index >= 15 is 0 Å². The molecule has 0 fully saturated rings. The number of benzene rings is 2. The number of methoxy groups -OCH3 is 2. The van der Waals surface area contributed by atoms with E-state index in [2.05, 4.69) is 83.1 Å². The second kappa shape index (κ2) is 13.5. The van der Waals surface area contributed by atoms with Crippen LogP contribution in [0.1, 0.15) is 85.9 Å². The summed E-state index contributed by atoms with van der Waals surface area (Å²) in [5, 5.41) is 26.6. The minimum atomic E-state index is -0.623. The van der Waals surface area contributed by atoms with Crippen LogP contribution in [0.25, 0.3) is 0 Å². The minimum absolute atomic E-state index is 0. The molecule has 217 valence electrons. The van der Waals surface area contributed by atoms with Gasteiger partial charge in [-0.1, -0.05) is 135 Å². The Kier molecular flexibility index (Phi) is 13.2. The van der Waals surface area contributed by atoms with Crippen LogP contribution in [-0.4, -0.2) is 34.8 Å². The van der Waals surface area contributed by atoms with Gasteiger partial charge in [-0.25, -0.2) is 0 Å². The van der Waals surface area contributed by atoms with Crippen LogP contribution in [0.3, 0.4) is 0 Å². The molecule has 0 saturated carbocycles. The third-order valence-corrected chi connectivity index (χ3v) is 12.6. The zero-order chi connectivity index (χ0) is 28.3. The average Bonchev–Trinajstić information content (AvgIpc) is 2.67. The van der Waals surface area contributed by atoms with Crippen LogP contribution in [0, 0.1) is 0 Å². The van der Waals surface area contributed by atoms with Gasteiger partial charge in [0.2, 0.25) is 0 Å². The zero-order valence-corrected chi connectivity index (χ0v) is 29.5. The van der Waals surface area contributed by atoms with Gasteiger partial charge in [0.15, 0.2) is 0 Å². The van der Waals surface area contributed by atoms with Gasteiger partial charge in [-0.05, 0) is 32.8 Å². The smallest absolute Gasteiger partial charge is 0.125 e. The number of ether oxygens (including phenoxy) is 2. The summed E-state index contributed by atoms with van der Waals surface area (Å²) in [6, 6.07) is 10.6. The molecule has 0 aliphatic rings. The topological polar surface area (TPSA) is 64.6 Å². The molecule has 0 heterocycles. The molecule has 0 atom stereocenters. The van der Waals surface area contributed by atoms with Crippen molar-refractivity contribution in [3.05, 3.63) is 36.4 Å². The van der Waals surface area contributed by atoms with Crippen LogP contribution >= 0.6 is 15.8 Å². The Balaban J connectivity index is -0.000000617. The van der Waals surface area contributed by atoms with E-state index in [-0.39, 0.29) is 55.1 Å². The summed E-state index contributed by atoms with van der Waals surface area (Å²) in [5.41, 5.74) is 0. The van der Waals surface area contributed by atoms with Gasteiger partial charge in [0.1, 0.15) is 11.5 Å². The maximum absolute atomic E-state index is 12.3. The van der Waals surface area contributed by atoms with Crippen molar-refractivity contribution < 1.29 is 42.6 Å². The van der Waals surface area contributed by atoms with Crippen LogP contribution < -0.4 is 30.3 Å². The summed E-state index contributed by atoms with van der Waals surface area (Å²) in [5.74, 6) is 1.67. The van der Waals surface area contributed by atoms with E-state index in [1.165, 1.54) is 0 Å². The largest absolute Gasteiger partial charge is 1.00 e. The first-order valence-corrected chi connectivity index (χ1v) is 15.1. The summed E-state index contributed by atoms with van der Waals surface area (Å²) in [6.07, 6.45) is 0. The molecule has 37 heavy (non-hydrogen) atoms. The first-order chi connectivity index (χ1) is 16.2. The minimum Gasteiger partial charge on any atom is -1.00 e. The quantitative estimate of drug-likeness (QED) is 0.314. The van der Waals surface area contributed by atoms with Gasteiger partial charge in [-0.3, -0.25) is 0 Å². The standard InChI is InChI=1S/2C15H25O2P.Ir.2H/c2*1-14(2,3)18(15(4,5)6)13-11(16)9-8-10-12(13)17-7;;;/h2*8-10,16H,1-7H3;;;/q;;;2*-1/p-2. The van der Waals surface area contributed by atoms with Crippen molar-refractivity contribution in [1.29, 1.82) is 0 Å². The van der Waals surface area contributed by atoms with Gasteiger partial charge < -0.3 is 22.5 Å². The number of rotatable bonds is 4. The number of hydrogen-bond donors (Lipinski definition) is 0. The predicted octanol–water partition coefficient (Wildman–Crippen LogP) is 7.17. The maximum Gasteiger partial charge on any atom is 0.125 e. The Morgan fingerprint density at radius 2 is 0.784 bits per heavy atom. The second-order valence-electron chi connectivity index (χ2n) is 13.0. The first kappa shape index (κ1) is 36.1. The van der Waals surface area contributed by atoms with Crippen molar-refractivity contribution in [3.8, 4) is 23.0 Å². The van der Waals surface area contributed by atoms with E-state index < -0.39 is 15.8 Å². The molecule has 0 aliphatic heterocycles. The zero-order valence-electron chi connectivity index (χ0n) is 27.3. The van der Waals surface area contributed by atoms with Crippen LogP contribution in [0.2, 0.25) is 0 Å². The number of hydrogen-bond acceptors (Lipinski definition) is 4. The molecule has 2 aromatic carbocycles. The Bertz CT molecular complexity index is 898. The molecular formula is C30H50IrO4P2-4. The van der Waals surface area contributed by atoms with Crippen molar-refractivity contribution in [2.24, 2.45) is 0 Å². The molecule has 1 radical (unpaired) electrons. The Labute approximate surface area is 245 Å². The summed E-state index contributed by atoms with van der Waals surface area (Å²) in [6.45, 7) is 26.5. The molecule has 2 rings (SSSR count). The van der Waals surface area contributed by atoms with Gasteiger partial charge in [-0.2, -0.15) is 0 Å². The summed E-state index contributed by atoms with van der Waals surface area (Å²) >= 11 is 0. The first-order valence-electron chi connectivity index (χ1n) is 12.5. The third kappa shape index (κ3) is 9.69. The molecule has 0 unspecified atom stereocenters. The molecular weight excluding hydrogens is 678 g/mol. The molecule has 0 saturated heterocycles. The van der Waals surface area contributed by atoms with Gasteiger partial charge in [0.05, 0.1) is 14.2 Å². The van der Waals surface area contributed by atoms with E-state index in [9.17, 15) is 10.2 Å². The normalized spacial score (nSPS) is 12.5. The average molecular weight is 729 g/mol. The van der Waals surface area contributed by atoms with Crippen LogP contribution in [0.4, 0.5) is 0 Å². The van der Waals surface area contributed by atoms with E-state index in [4.69, 9.17) is 9.47 Å². The molecule has 2 aromatic rings. The molecule has 0 aliphatic carbocycles. The molecule has 0 aromatic heterocycles. The molecule has 0 amide bonds. The predicted molar refractivity (Wildman–Crippen MR) is 159 cm³/mol. The fourth-order valence-electron chi connectivity index (χ4n) is 5.13. The van der Waals surface area contributed by atoms with Crippen molar-refractivity contribution in [2.45, 2.75) is 104 Å². The molecule has 7 heteroatoms. The molecule has 4 nitrogen and oxygen atoms in total. The van der Waals surface area contributed by atoms with Crippen LogP contribution in [0.15, 0.2) is 36.4 Å². The van der Waals surface area contributed by atoms with Crippen molar-refractivity contribution in [2.75, 3.05) is 14.2 Å². The SMILES string of the molecule is COc1cccc([O-])c1P(C(C)(C)C)C(C)(C)C.COc1cccc([O-])c1P(C(C)(C)C)C(C)(C)C.[H-].[H-].[Ir]. The Morgan fingerprint density at radius 1 is 0.541 bits per heavy atom. The second-order valence-corrected chi connectivity index (χ2v) is 20.6. The van der Waals surface area contributed by atoms with Gasteiger partial charge >= 0.3 is 0 Å². The van der Waals surface area contributed by atoms with Crippen LogP contribution in [-0.2, 0) is 20.1 Å². The summed E-state index contributed by atoms with van der Waals surface area (Å²) < 4.78 is 10.8. The molecule has 0 spiro atoms. The Morgan fingerprint density at radius 3 is 0.973 bits per heavy atom. The third-order valence-electron chi connectivity index (χ3n) is 5.49. The van der Waals surface area contributed by atoms with Crippen LogP contribution in [0.5, 0.6) is 23.0 Å². The van der Waals surface area contributed by atoms with E-state index in [1.807, 2.05) is 12.1 Å². The Hall–Kier alpha value is -0.851. The van der Waals surface area contributed by atoms with Gasteiger partial charge in [0.25, 0.3) is 0 Å². The van der Waals surface area contributed by atoms with E-state index in [0.717, 1.165) is 22.1 Å². The van der Waals surface area contributed by atoms with Crippen molar-refractivity contribution in [3.63, 3.8) is 0 Å². The van der Waals surface area contributed by atoms with E-state index in [0.29, 0.717) is 0 Å². The molecule has 0 N–H and O–H groups in total. The monoisotopic (exact) mass is 729 g/mol. The molecule has 0 bridgehead atoms. The van der Waals surface area contributed by atoms with Gasteiger partial charge in [-0.15, -0.1) is 0 Å². The maximum atomic E-state index is 12.3. The summed E-state index contributed by atoms with van der Waals surface area (Å²) in [4.78, 5) is 0. The van der Waals surface area contributed by atoms with Crippen molar-refractivity contribution >= 4 is 26.5 Å². The van der Waals surface area contributed by atoms with Crippen molar-refractivity contribution in [1.82, 2.24) is 0 Å². The fourth-order valence-corrected chi connectivity index (χ4v) is 13.2. The van der Waals surface area contributed by atoms with E-state index in [1.54, 1.807) is 38.5 Å². The fraction of sp³-hybridized carbons (Fsp3) is 0.600. The summed E-state index contributed by atoms with van der Waals surface area (Å²) in [7, 11) is 2.03. The van der Waals surface area contributed by atoms with Gasteiger partial charge in [0, 0.05) is 30.7 Å².